The average Bonchev–Trinajstić information content (AvgIpc) is 2.38. The Morgan fingerprint density at radius 1 is 1.37 bits per heavy atom. The molecule has 0 saturated carbocycles. The summed E-state index contributed by atoms with van der Waals surface area (Å²) < 4.78 is 0. The van der Waals surface area contributed by atoms with E-state index in [1.165, 1.54) is 0 Å². The van der Waals surface area contributed by atoms with E-state index in [0.29, 0.717) is 24.9 Å². The van der Waals surface area contributed by atoms with Crippen LogP contribution in [0.4, 0.5) is 0 Å². The van der Waals surface area contributed by atoms with Gasteiger partial charge in [-0.3, -0.25) is 4.79 Å². The number of carboxylic acid groups (broad SMARTS) is 1. The Morgan fingerprint density at radius 2 is 2.00 bits per heavy atom. The fourth-order valence-electron chi connectivity index (χ4n) is 1.62. The highest BCUT2D eigenvalue weighted by Gasteiger charge is 2.25. The highest BCUT2D eigenvalue weighted by atomic mass is 16.4. The number of hydrogen-bond acceptors (Lipinski definition) is 3. The van der Waals surface area contributed by atoms with Gasteiger partial charge in [-0.1, -0.05) is 25.1 Å². The van der Waals surface area contributed by atoms with Crippen molar-refractivity contribution < 1.29 is 14.7 Å². The monoisotopic (exact) mass is 264 g/mol. The summed E-state index contributed by atoms with van der Waals surface area (Å²) in [6, 6.07) is 6.76. The maximum Gasteiger partial charge on any atom is 0.335 e. The molecule has 1 aromatic rings. The molecule has 0 saturated heterocycles. The summed E-state index contributed by atoms with van der Waals surface area (Å²) >= 11 is 0. The quantitative estimate of drug-likeness (QED) is 0.719. The largest absolute Gasteiger partial charge is 0.478 e. The fraction of sp³-hybridized carbons (Fsp3) is 0.429. The van der Waals surface area contributed by atoms with E-state index in [9.17, 15) is 9.59 Å². The standard InChI is InChI=1S/C14H20N2O3/c1-3-14(2,15)13(19)16-9-8-10-6-4-5-7-11(10)12(17)18/h4-7H,3,8-9,15H2,1-2H3,(H,16,19)(H,17,18). The first-order valence-electron chi connectivity index (χ1n) is 6.27. The molecule has 0 aliphatic carbocycles. The second-order valence-electron chi connectivity index (χ2n) is 4.74. The maximum absolute atomic E-state index is 11.8. The van der Waals surface area contributed by atoms with Gasteiger partial charge in [-0.05, 0) is 31.4 Å². The van der Waals surface area contributed by atoms with Gasteiger partial charge in [-0.2, -0.15) is 0 Å². The number of amides is 1. The van der Waals surface area contributed by atoms with Crippen molar-refractivity contribution in [1.82, 2.24) is 5.32 Å². The molecule has 0 aliphatic heterocycles. The first kappa shape index (κ1) is 15.2. The molecule has 0 bridgehead atoms. The molecule has 5 heteroatoms. The molecule has 104 valence electrons. The minimum absolute atomic E-state index is 0.220. The number of rotatable bonds is 6. The molecular formula is C14H20N2O3. The zero-order valence-electron chi connectivity index (χ0n) is 11.3. The van der Waals surface area contributed by atoms with Crippen molar-refractivity contribution >= 4 is 11.9 Å². The fourth-order valence-corrected chi connectivity index (χ4v) is 1.62. The average molecular weight is 264 g/mol. The highest BCUT2D eigenvalue weighted by molar-refractivity contribution is 5.89. The van der Waals surface area contributed by atoms with Crippen LogP contribution in [0.3, 0.4) is 0 Å². The number of carboxylic acids is 1. The van der Waals surface area contributed by atoms with Crippen LogP contribution in [0.2, 0.25) is 0 Å². The van der Waals surface area contributed by atoms with Gasteiger partial charge in [-0.25, -0.2) is 4.79 Å². The molecule has 0 heterocycles. The molecule has 4 N–H and O–H groups in total. The second-order valence-corrected chi connectivity index (χ2v) is 4.74. The number of hydrogen-bond donors (Lipinski definition) is 3. The van der Waals surface area contributed by atoms with Crippen LogP contribution in [0.1, 0.15) is 36.2 Å². The van der Waals surface area contributed by atoms with E-state index in [-0.39, 0.29) is 11.5 Å². The predicted molar refractivity (Wildman–Crippen MR) is 73.0 cm³/mol. The molecule has 0 fully saturated rings. The summed E-state index contributed by atoms with van der Waals surface area (Å²) in [5.74, 6) is -1.18. The second kappa shape index (κ2) is 6.33. The predicted octanol–water partition coefficient (Wildman–Crippen LogP) is 1.17. The van der Waals surface area contributed by atoms with E-state index in [4.69, 9.17) is 10.8 Å². The Kier molecular flexibility index (Phi) is 5.06. The number of carbonyl (C=O) groups is 2. The van der Waals surface area contributed by atoms with Gasteiger partial charge in [0.25, 0.3) is 0 Å². The molecule has 0 aliphatic rings. The Morgan fingerprint density at radius 3 is 2.58 bits per heavy atom. The van der Waals surface area contributed by atoms with Crippen LogP contribution in [-0.4, -0.2) is 29.1 Å². The third-order valence-electron chi connectivity index (χ3n) is 3.18. The van der Waals surface area contributed by atoms with E-state index in [2.05, 4.69) is 5.32 Å². The van der Waals surface area contributed by atoms with Crippen molar-refractivity contribution in [1.29, 1.82) is 0 Å². The van der Waals surface area contributed by atoms with Crippen molar-refractivity contribution in [2.24, 2.45) is 5.73 Å². The number of nitrogens with one attached hydrogen (secondary N) is 1. The lowest BCUT2D eigenvalue weighted by molar-refractivity contribution is -0.125. The van der Waals surface area contributed by atoms with Crippen molar-refractivity contribution in [2.75, 3.05) is 6.54 Å². The molecular weight excluding hydrogens is 244 g/mol. The van der Waals surface area contributed by atoms with Gasteiger partial charge in [0.1, 0.15) is 0 Å². The van der Waals surface area contributed by atoms with Crippen molar-refractivity contribution in [2.45, 2.75) is 32.2 Å². The smallest absolute Gasteiger partial charge is 0.335 e. The number of carbonyl (C=O) groups excluding carboxylic acids is 1. The maximum atomic E-state index is 11.8. The van der Waals surface area contributed by atoms with Gasteiger partial charge < -0.3 is 16.2 Å². The van der Waals surface area contributed by atoms with Gasteiger partial charge in [0, 0.05) is 6.54 Å². The van der Waals surface area contributed by atoms with Crippen LogP contribution < -0.4 is 11.1 Å². The van der Waals surface area contributed by atoms with Crippen LogP contribution in [0.15, 0.2) is 24.3 Å². The zero-order valence-corrected chi connectivity index (χ0v) is 11.3. The summed E-state index contributed by atoms with van der Waals surface area (Å²) in [7, 11) is 0. The minimum Gasteiger partial charge on any atom is -0.478 e. The van der Waals surface area contributed by atoms with E-state index < -0.39 is 11.5 Å². The molecule has 1 unspecified atom stereocenters. The normalized spacial score (nSPS) is 13.6. The van der Waals surface area contributed by atoms with E-state index in [0.717, 1.165) is 0 Å². The molecule has 0 aromatic heterocycles. The Hall–Kier alpha value is -1.88. The molecule has 1 aromatic carbocycles. The Bertz CT molecular complexity index is 470. The SMILES string of the molecule is CCC(C)(N)C(=O)NCCc1ccccc1C(=O)O. The van der Waals surface area contributed by atoms with Gasteiger partial charge in [-0.15, -0.1) is 0 Å². The minimum atomic E-state index is -0.959. The van der Waals surface area contributed by atoms with Crippen LogP contribution in [-0.2, 0) is 11.2 Å². The van der Waals surface area contributed by atoms with Crippen LogP contribution >= 0.6 is 0 Å². The first-order chi connectivity index (χ1) is 8.88. The first-order valence-corrected chi connectivity index (χ1v) is 6.27. The molecule has 19 heavy (non-hydrogen) atoms. The molecule has 1 rings (SSSR count). The Balaban J connectivity index is 2.59. The number of nitrogens with two attached hydrogens (primary N) is 1. The lowest BCUT2D eigenvalue weighted by Gasteiger charge is -2.21. The third kappa shape index (κ3) is 4.06. The summed E-state index contributed by atoms with van der Waals surface area (Å²) in [5.41, 5.74) is 5.89. The number of aromatic carboxylic acids is 1. The Labute approximate surface area is 112 Å². The lowest BCUT2D eigenvalue weighted by atomic mass is 9.99. The molecule has 0 spiro atoms. The van der Waals surface area contributed by atoms with Gasteiger partial charge in [0.05, 0.1) is 11.1 Å². The number of benzene rings is 1. The molecule has 1 amide bonds. The summed E-state index contributed by atoms with van der Waals surface area (Å²) in [5, 5.41) is 11.8. The van der Waals surface area contributed by atoms with Gasteiger partial charge >= 0.3 is 5.97 Å². The van der Waals surface area contributed by atoms with Crippen molar-refractivity contribution in [3.05, 3.63) is 35.4 Å². The van der Waals surface area contributed by atoms with E-state index >= 15 is 0 Å². The van der Waals surface area contributed by atoms with Crippen LogP contribution in [0.5, 0.6) is 0 Å². The molecule has 1 atom stereocenters. The topological polar surface area (TPSA) is 92.4 Å². The van der Waals surface area contributed by atoms with Crippen molar-refractivity contribution in [3.63, 3.8) is 0 Å². The van der Waals surface area contributed by atoms with E-state index in [1.54, 1.807) is 31.2 Å². The van der Waals surface area contributed by atoms with E-state index in [1.807, 2.05) is 6.92 Å². The highest BCUT2D eigenvalue weighted by Crippen LogP contribution is 2.09. The van der Waals surface area contributed by atoms with Gasteiger partial charge in [0.15, 0.2) is 0 Å². The van der Waals surface area contributed by atoms with Crippen LogP contribution in [0, 0.1) is 0 Å². The van der Waals surface area contributed by atoms with Crippen LogP contribution in [0.25, 0.3) is 0 Å². The molecule has 5 nitrogen and oxygen atoms in total. The summed E-state index contributed by atoms with van der Waals surface area (Å²) in [6.07, 6.45) is 1.01. The van der Waals surface area contributed by atoms with Gasteiger partial charge in [0.2, 0.25) is 5.91 Å². The summed E-state index contributed by atoms with van der Waals surface area (Å²) in [4.78, 5) is 22.8. The zero-order chi connectivity index (χ0) is 14.5. The lowest BCUT2D eigenvalue weighted by Crippen LogP contribution is -2.51. The molecule has 0 radical (unpaired) electrons. The third-order valence-corrected chi connectivity index (χ3v) is 3.18. The van der Waals surface area contributed by atoms with Crippen molar-refractivity contribution in [3.8, 4) is 0 Å². The summed E-state index contributed by atoms with van der Waals surface area (Å²) in [6.45, 7) is 3.89.